The van der Waals surface area contributed by atoms with Gasteiger partial charge in [0.15, 0.2) is 0 Å². The number of carbonyl (C=O) groups is 1. The molecule has 2 aromatic carbocycles. The highest BCUT2D eigenvalue weighted by Crippen LogP contribution is 2.37. The number of aryl methyl sites for hydroxylation is 2. The first-order chi connectivity index (χ1) is 18.6. The quantitative estimate of drug-likeness (QED) is 0.399. The van der Waals surface area contributed by atoms with Crippen LogP contribution in [0.3, 0.4) is 0 Å². The molecule has 4 aromatic rings. The van der Waals surface area contributed by atoms with Crippen LogP contribution in [-0.2, 0) is 13.2 Å². The molecule has 2 bridgehead atoms. The molecule has 0 aliphatic carbocycles. The molecule has 0 radical (unpaired) electrons. The molecule has 9 nitrogen and oxygen atoms in total. The van der Waals surface area contributed by atoms with E-state index >= 15 is 0 Å². The minimum absolute atomic E-state index is 0.0952. The molecule has 2 N–H and O–H groups in total. The molecule has 2 atom stereocenters. The van der Waals surface area contributed by atoms with Gasteiger partial charge in [0.25, 0.3) is 5.91 Å². The van der Waals surface area contributed by atoms with Crippen molar-refractivity contribution in [3.63, 3.8) is 0 Å². The van der Waals surface area contributed by atoms with E-state index in [2.05, 4.69) is 26.0 Å². The highest BCUT2D eigenvalue weighted by molar-refractivity contribution is 6.05. The van der Waals surface area contributed by atoms with E-state index in [4.69, 9.17) is 0 Å². The zero-order valence-corrected chi connectivity index (χ0v) is 21.6. The SMILES string of the molecule is Cc1ccc(C(=O)Nc2cc(N3CC4CC3CN4)cc(C(F)(F)F)c2)cc1-n1cc(-c2cnn(C)c2C)nn1. The van der Waals surface area contributed by atoms with Crippen molar-refractivity contribution in [2.24, 2.45) is 7.05 Å². The van der Waals surface area contributed by atoms with Gasteiger partial charge in [-0.05, 0) is 56.2 Å². The second kappa shape index (κ2) is 9.23. The van der Waals surface area contributed by atoms with Crippen molar-refractivity contribution < 1.29 is 18.0 Å². The summed E-state index contributed by atoms with van der Waals surface area (Å²) in [5, 5.41) is 18.8. The summed E-state index contributed by atoms with van der Waals surface area (Å²) < 4.78 is 44.6. The van der Waals surface area contributed by atoms with Crippen LogP contribution in [-0.4, -0.2) is 55.9 Å². The van der Waals surface area contributed by atoms with Crippen molar-refractivity contribution in [3.05, 3.63) is 71.2 Å². The molecule has 202 valence electrons. The molecule has 2 aromatic heterocycles. The second-order valence-electron chi connectivity index (χ2n) is 10.2. The summed E-state index contributed by atoms with van der Waals surface area (Å²) in [6.07, 6.45) is -0.172. The third-order valence-electron chi connectivity index (χ3n) is 7.61. The lowest BCUT2D eigenvalue weighted by Crippen LogP contribution is -2.43. The Balaban J connectivity index is 1.28. The van der Waals surface area contributed by atoms with Crippen LogP contribution < -0.4 is 15.5 Å². The van der Waals surface area contributed by atoms with E-state index in [1.165, 1.54) is 0 Å². The normalized spacial score (nSPS) is 18.7. The first kappa shape index (κ1) is 25.1. The summed E-state index contributed by atoms with van der Waals surface area (Å²) in [4.78, 5) is 15.2. The monoisotopic (exact) mass is 536 g/mol. The predicted molar refractivity (Wildman–Crippen MR) is 140 cm³/mol. The Labute approximate surface area is 222 Å². The van der Waals surface area contributed by atoms with Crippen molar-refractivity contribution in [2.75, 3.05) is 23.3 Å². The predicted octanol–water partition coefficient (Wildman–Crippen LogP) is 4.11. The Morgan fingerprint density at radius 1 is 1.15 bits per heavy atom. The van der Waals surface area contributed by atoms with E-state index in [0.29, 0.717) is 23.6 Å². The fourth-order valence-electron chi connectivity index (χ4n) is 5.35. The number of rotatable bonds is 5. The number of anilines is 2. The summed E-state index contributed by atoms with van der Waals surface area (Å²) in [5.41, 5.74) is 3.95. The first-order valence-corrected chi connectivity index (χ1v) is 12.6. The fraction of sp³-hybridized carbons (Fsp3) is 0.333. The lowest BCUT2D eigenvalue weighted by molar-refractivity contribution is -0.137. The number of halogens is 3. The summed E-state index contributed by atoms with van der Waals surface area (Å²) in [6, 6.07) is 9.22. The number of nitrogens with zero attached hydrogens (tertiary/aromatic N) is 6. The molecule has 0 spiro atoms. The van der Waals surface area contributed by atoms with Gasteiger partial charge in [-0.25, -0.2) is 4.68 Å². The maximum absolute atomic E-state index is 13.8. The smallest absolute Gasteiger partial charge is 0.366 e. The van der Waals surface area contributed by atoms with Gasteiger partial charge < -0.3 is 15.5 Å². The summed E-state index contributed by atoms with van der Waals surface area (Å²) in [5.74, 6) is -0.519. The zero-order valence-electron chi connectivity index (χ0n) is 21.6. The Kier molecular flexibility index (Phi) is 5.94. The number of amides is 1. The lowest BCUT2D eigenvalue weighted by atomic mass is 10.1. The van der Waals surface area contributed by atoms with Gasteiger partial charge in [0.2, 0.25) is 0 Å². The minimum Gasteiger partial charge on any atom is -0.366 e. The van der Waals surface area contributed by atoms with Gasteiger partial charge in [0.05, 0.1) is 23.6 Å². The van der Waals surface area contributed by atoms with E-state index in [-0.39, 0.29) is 23.3 Å². The highest BCUT2D eigenvalue weighted by atomic mass is 19.4. The Bertz CT molecular complexity index is 1570. The van der Waals surface area contributed by atoms with Crippen LogP contribution in [0.15, 0.2) is 48.8 Å². The molecule has 2 unspecified atom stereocenters. The Hall–Kier alpha value is -4.19. The van der Waals surface area contributed by atoms with Gasteiger partial charge in [0, 0.05) is 60.4 Å². The Morgan fingerprint density at radius 2 is 1.97 bits per heavy atom. The molecule has 2 aliphatic heterocycles. The standard InChI is InChI=1S/C27H27F3N8O/c1-15-4-5-17(6-25(15)38-14-24(34-35-38)23-12-32-36(3)16(23)2)26(39)33-19-7-18(27(28,29)30)8-21(9-19)37-13-20-10-22(37)11-31-20/h4-9,12,14,20,22,31H,10-11,13H2,1-3H3,(H,33,39). The van der Waals surface area contributed by atoms with Gasteiger partial charge in [-0.3, -0.25) is 9.48 Å². The molecule has 39 heavy (non-hydrogen) atoms. The van der Waals surface area contributed by atoms with Crippen molar-refractivity contribution >= 4 is 17.3 Å². The largest absolute Gasteiger partial charge is 0.416 e. The molecule has 4 heterocycles. The van der Waals surface area contributed by atoms with Crippen LogP contribution in [0, 0.1) is 13.8 Å². The van der Waals surface area contributed by atoms with Crippen molar-refractivity contribution in [3.8, 4) is 16.9 Å². The number of benzene rings is 2. The van der Waals surface area contributed by atoms with Crippen molar-refractivity contribution in [1.29, 1.82) is 0 Å². The average molecular weight is 537 g/mol. The van der Waals surface area contributed by atoms with Gasteiger partial charge in [-0.2, -0.15) is 18.3 Å². The van der Waals surface area contributed by atoms with Crippen LogP contribution in [0.25, 0.3) is 16.9 Å². The highest BCUT2D eigenvalue weighted by Gasteiger charge is 2.39. The van der Waals surface area contributed by atoms with Gasteiger partial charge in [-0.15, -0.1) is 5.10 Å². The maximum Gasteiger partial charge on any atom is 0.416 e. The fourth-order valence-corrected chi connectivity index (χ4v) is 5.35. The number of fused-ring (bicyclic) bond motifs is 2. The number of carbonyl (C=O) groups excluding carboxylic acids is 1. The topological polar surface area (TPSA) is 92.9 Å². The molecule has 2 aliphatic rings. The van der Waals surface area contributed by atoms with Crippen LogP contribution in [0.4, 0.5) is 24.5 Å². The number of aromatic nitrogens is 5. The molecular weight excluding hydrogens is 509 g/mol. The maximum atomic E-state index is 13.8. The lowest BCUT2D eigenvalue weighted by Gasteiger charge is -2.30. The van der Waals surface area contributed by atoms with E-state index in [9.17, 15) is 18.0 Å². The van der Waals surface area contributed by atoms with Crippen LogP contribution in [0.5, 0.6) is 0 Å². The number of hydrogen-bond acceptors (Lipinski definition) is 6. The summed E-state index contributed by atoms with van der Waals surface area (Å²) in [6.45, 7) is 5.19. The molecule has 12 heteroatoms. The Morgan fingerprint density at radius 3 is 2.64 bits per heavy atom. The van der Waals surface area contributed by atoms with E-state index < -0.39 is 17.6 Å². The van der Waals surface area contributed by atoms with E-state index in [0.717, 1.165) is 41.9 Å². The number of piperazine rings is 1. The van der Waals surface area contributed by atoms with Crippen molar-refractivity contribution in [2.45, 2.75) is 38.5 Å². The van der Waals surface area contributed by atoms with Crippen LogP contribution >= 0.6 is 0 Å². The van der Waals surface area contributed by atoms with E-state index in [1.807, 2.05) is 25.8 Å². The summed E-state index contributed by atoms with van der Waals surface area (Å²) >= 11 is 0. The first-order valence-electron chi connectivity index (χ1n) is 12.6. The molecule has 0 saturated carbocycles. The number of nitrogens with one attached hydrogen (secondary N) is 2. The third-order valence-corrected chi connectivity index (χ3v) is 7.61. The number of alkyl halides is 3. The number of hydrogen-bond donors (Lipinski definition) is 2. The molecule has 1 amide bonds. The molecule has 2 fully saturated rings. The van der Waals surface area contributed by atoms with E-state index in [1.54, 1.807) is 46.0 Å². The average Bonchev–Trinajstić information content (AvgIpc) is 3.70. The van der Waals surface area contributed by atoms with Gasteiger partial charge in [0.1, 0.15) is 5.69 Å². The molecule has 2 saturated heterocycles. The second-order valence-corrected chi connectivity index (χ2v) is 10.2. The van der Waals surface area contributed by atoms with Gasteiger partial charge >= 0.3 is 6.18 Å². The van der Waals surface area contributed by atoms with Crippen LogP contribution in [0.1, 0.15) is 33.6 Å². The molecule has 6 rings (SSSR count). The van der Waals surface area contributed by atoms with Crippen LogP contribution in [0.2, 0.25) is 0 Å². The minimum atomic E-state index is -4.54. The summed E-state index contributed by atoms with van der Waals surface area (Å²) in [7, 11) is 1.84. The van der Waals surface area contributed by atoms with Gasteiger partial charge in [-0.1, -0.05) is 11.3 Å². The van der Waals surface area contributed by atoms with Crippen molar-refractivity contribution in [1.82, 2.24) is 30.1 Å². The zero-order chi connectivity index (χ0) is 27.5. The molecular formula is C27H27F3N8O. The third kappa shape index (κ3) is 4.65.